The number of benzene rings is 1. The van der Waals surface area contributed by atoms with Crippen molar-refractivity contribution in [2.45, 2.75) is 26.4 Å². The van der Waals surface area contributed by atoms with Crippen LogP contribution < -0.4 is 14.2 Å². The highest BCUT2D eigenvalue weighted by Crippen LogP contribution is 2.35. The second kappa shape index (κ2) is 6.75. The molecule has 0 amide bonds. The lowest BCUT2D eigenvalue weighted by atomic mass is 9.92. The smallest absolute Gasteiger partial charge is 0.231 e. The molecular weight excluding hydrogens is 282 g/mol. The van der Waals surface area contributed by atoms with Gasteiger partial charge in [-0.15, -0.1) is 0 Å². The van der Waals surface area contributed by atoms with E-state index in [4.69, 9.17) is 14.2 Å². The third kappa shape index (κ3) is 3.84. The summed E-state index contributed by atoms with van der Waals surface area (Å²) in [6.07, 6.45) is 0.795. The molecule has 1 fully saturated rings. The van der Waals surface area contributed by atoms with Gasteiger partial charge in [0.25, 0.3) is 0 Å². The molecule has 2 heterocycles. The zero-order valence-corrected chi connectivity index (χ0v) is 13.3. The lowest BCUT2D eigenvalue weighted by molar-refractivity contribution is 0.0428. The topological polar surface area (TPSA) is 51.2 Å². The minimum Gasteiger partial charge on any atom is -0.491 e. The molecule has 1 N–H and O–H groups in total. The van der Waals surface area contributed by atoms with E-state index in [0.717, 1.165) is 18.8 Å². The lowest BCUT2D eigenvalue weighted by Gasteiger charge is -2.35. The minimum absolute atomic E-state index is 0.257. The van der Waals surface area contributed by atoms with Crippen molar-refractivity contribution in [1.82, 2.24) is 4.90 Å². The van der Waals surface area contributed by atoms with Gasteiger partial charge < -0.3 is 24.2 Å². The molecule has 0 aromatic heterocycles. The van der Waals surface area contributed by atoms with Gasteiger partial charge in [-0.1, -0.05) is 13.8 Å². The summed E-state index contributed by atoms with van der Waals surface area (Å²) in [4.78, 5) is 2.34. The van der Waals surface area contributed by atoms with Crippen LogP contribution in [0.25, 0.3) is 0 Å². The van der Waals surface area contributed by atoms with E-state index >= 15 is 0 Å². The normalized spacial score (nSPS) is 26.0. The van der Waals surface area contributed by atoms with Gasteiger partial charge >= 0.3 is 0 Å². The molecule has 0 bridgehead atoms. The van der Waals surface area contributed by atoms with Gasteiger partial charge in [0.1, 0.15) is 18.5 Å². The Balaban J connectivity index is 1.47. The number of rotatable bonds is 5. The molecule has 22 heavy (non-hydrogen) atoms. The summed E-state index contributed by atoms with van der Waals surface area (Å²) < 4.78 is 16.3. The standard InChI is InChI=1S/C17H25NO4/c1-12-5-13(2)8-18(7-12)9-14(19)10-20-15-3-4-16-17(6-15)22-11-21-16/h3-4,6,12-14,19H,5,7-11H2,1-2H3/t12-,13-,14-/m1/s1. The number of fused-ring (bicyclic) bond motifs is 1. The Morgan fingerprint density at radius 1 is 1.23 bits per heavy atom. The Morgan fingerprint density at radius 2 is 1.95 bits per heavy atom. The Morgan fingerprint density at radius 3 is 2.73 bits per heavy atom. The van der Waals surface area contributed by atoms with Crippen molar-refractivity contribution in [3.05, 3.63) is 18.2 Å². The number of aliphatic hydroxyl groups excluding tert-OH is 1. The van der Waals surface area contributed by atoms with Crippen LogP contribution in [0.1, 0.15) is 20.3 Å². The Bertz CT molecular complexity index is 497. The first-order valence-corrected chi connectivity index (χ1v) is 8.03. The Labute approximate surface area is 131 Å². The molecule has 2 aliphatic heterocycles. The molecule has 0 spiro atoms. The van der Waals surface area contributed by atoms with Crippen molar-refractivity contribution >= 4 is 0 Å². The molecule has 122 valence electrons. The monoisotopic (exact) mass is 307 g/mol. The molecule has 3 rings (SSSR count). The second-order valence-electron chi connectivity index (χ2n) is 6.64. The Hall–Kier alpha value is -1.46. The molecule has 1 aromatic rings. The predicted octanol–water partition coefficient (Wildman–Crippen LogP) is 2.13. The van der Waals surface area contributed by atoms with Crippen LogP contribution in [0, 0.1) is 11.8 Å². The summed E-state index contributed by atoms with van der Waals surface area (Å²) in [5.74, 6) is 3.54. The number of ether oxygens (including phenoxy) is 3. The summed E-state index contributed by atoms with van der Waals surface area (Å²) in [6.45, 7) is 7.89. The maximum atomic E-state index is 10.2. The highest BCUT2D eigenvalue weighted by molar-refractivity contribution is 5.46. The van der Waals surface area contributed by atoms with E-state index in [0.29, 0.717) is 36.5 Å². The van der Waals surface area contributed by atoms with Gasteiger partial charge in [-0.05, 0) is 30.4 Å². The molecule has 1 aromatic carbocycles. The predicted molar refractivity (Wildman–Crippen MR) is 83.5 cm³/mol. The average Bonchev–Trinajstić information content (AvgIpc) is 2.91. The zero-order valence-electron chi connectivity index (χ0n) is 13.3. The van der Waals surface area contributed by atoms with Crippen molar-refractivity contribution in [2.24, 2.45) is 11.8 Å². The summed E-state index contributed by atoms with van der Waals surface area (Å²) in [5.41, 5.74) is 0. The molecule has 0 saturated carbocycles. The molecule has 0 aliphatic carbocycles. The largest absolute Gasteiger partial charge is 0.491 e. The first kappa shape index (κ1) is 15.4. The average molecular weight is 307 g/mol. The van der Waals surface area contributed by atoms with Crippen LogP contribution in [0.3, 0.4) is 0 Å². The fourth-order valence-corrected chi connectivity index (χ4v) is 3.45. The third-order valence-electron chi connectivity index (χ3n) is 4.20. The van der Waals surface area contributed by atoms with Gasteiger partial charge in [-0.2, -0.15) is 0 Å². The Kier molecular flexibility index (Phi) is 4.74. The molecule has 0 radical (unpaired) electrons. The van der Waals surface area contributed by atoms with E-state index in [1.54, 1.807) is 6.07 Å². The van der Waals surface area contributed by atoms with Crippen LogP contribution in [-0.4, -0.2) is 49.1 Å². The number of hydrogen-bond acceptors (Lipinski definition) is 5. The van der Waals surface area contributed by atoms with Crippen LogP contribution in [0.15, 0.2) is 18.2 Å². The van der Waals surface area contributed by atoms with Crippen molar-refractivity contribution in [2.75, 3.05) is 33.0 Å². The fraction of sp³-hybridized carbons (Fsp3) is 0.647. The molecular formula is C17H25NO4. The molecule has 0 unspecified atom stereocenters. The number of aliphatic hydroxyl groups is 1. The van der Waals surface area contributed by atoms with Crippen LogP contribution in [-0.2, 0) is 0 Å². The zero-order chi connectivity index (χ0) is 15.5. The van der Waals surface area contributed by atoms with Gasteiger partial charge in [-0.3, -0.25) is 0 Å². The second-order valence-corrected chi connectivity index (χ2v) is 6.64. The SMILES string of the molecule is C[C@@H]1C[C@@H](C)CN(C[C@@H](O)COc2ccc3c(c2)OCO3)C1. The molecule has 2 aliphatic rings. The molecule has 5 nitrogen and oxygen atoms in total. The summed E-state index contributed by atoms with van der Waals surface area (Å²) in [6, 6.07) is 5.48. The quantitative estimate of drug-likeness (QED) is 0.903. The van der Waals surface area contributed by atoms with Crippen molar-refractivity contribution < 1.29 is 19.3 Å². The first-order valence-electron chi connectivity index (χ1n) is 8.03. The van der Waals surface area contributed by atoms with Crippen LogP contribution >= 0.6 is 0 Å². The van der Waals surface area contributed by atoms with Gasteiger partial charge in [0.2, 0.25) is 6.79 Å². The molecule has 1 saturated heterocycles. The highest BCUT2D eigenvalue weighted by atomic mass is 16.7. The summed E-state index contributed by atoms with van der Waals surface area (Å²) in [7, 11) is 0. The maximum absolute atomic E-state index is 10.2. The van der Waals surface area contributed by atoms with Gasteiger partial charge in [0.15, 0.2) is 11.5 Å². The number of likely N-dealkylation sites (tertiary alicyclic amines) is 1. The van der Waals surface area contributed by atoms with E-state index in [-0.39, 0.29) is 6.79 Å². The van der Waals surface area contributed by atoms with Crippen molar-refractivity contribution in [3.8, 4) is 17.2 Å². The summed E-state index contributed by atoms with van der Waals surface area (Å²) >= 11 is 0. The minimum atomic E-state index is -0.483. The fourth-order valence-electron chi connectivity index (χ4n) is 3.45. The van der Waals surface area contributed by atoms with E-state index in [1.807, 2.05) is 12.1 Å². The van der Waals surface area contributed by atoms with Crippen LogP contribution in [0.2, 0.25) is 0 Å². The maximum Gasteiger partial charge on any atom is 0.231 e. The third-order valence-corrected chi connectivity index (χ3v) is 4.20. The molecule has 3 atom stereocenters. The van der Waals surface area contributed by atoms with E-state index in [2.05, 4.69) is 18.7 Å². The van der Waals surface area contributed by atoms with Crippen LogP contribution in [0.5, 0.6) is 17.2 Å². The van der Waals surface area contributed by atoms with Gasteiger partial charge in [0.05, 0.1) is 0 Å². The number of nitrogens with zero attached hydrogens (tertiary/aromatic N) is 1. The van der Waals surface area contributed by atoms with Crippen molar-refractivity contribution in [1.29, 1.82) is 0 Å². The van der Waals surface area contributed by atoms with Gasteiger partial charge in [-0.25, -0.2) is 0 Å². The molecule has 5 heteroatoms. The van der Waals surface area contributed by atoms with Crippen LogP contribution in [0.4, 0.5) is 0 Å². The number of piperidine rings is 1. The lowest BCUT2D eigenvalue weighted by Crippen LogP contribution is -2.43. The first-order chi connectivity index (χ1) is 10.6. The van der Waals surface area contributed by atoms with E-state index in [1.165, 1.54) is 6.42 Å². The number of β-amino-alcohol motifs (C(OH)–C–C–N with tert-alkyl or cyclic N) is 1. The van der Waals surface area contributed by atoms with E-state index < -0.39 is 6.10 Å². The van der Waals surface area contributed by atoms with Gasteiger partial charge in [0, 0.05) is 25.7 Å². The summed E-state index contributed by atoms with van der Waals surface area (Å²) in [5, 5.41) is 10.2. The van der Waals surface area contributed by atoms with Crippen molar-refractivity contribution in [3.63, 3.8) is 0 Å². The van der Waals surface area contributed by atoms with E-state index in [9.17, 15) is 5.11 Å². The number of hydrogen-bond donors (Lipinski definition) is 1. The highest BCUT2D eigenvalue weighted by Gasteiger charge is 2.23.